The van der Waals surface area contributed by atoms with Crippen molar-refractivity contribution in [1.82, 2.24) is 5.32 Å². The summed E-state index contributed by atoms with van der Waals surface area (Å²) in [6, 6.07) is 7.46. The maximum atomic E-state index is 13.7. The van der Waals surface area contributed by atoms with E-state index in [1.54, 1.807) is 6.07 Å². The highest BCUT2D eigenvalue weighted by atomic mass is 19.1. The highest BCUT2D eigenvalue weighted by molar-refractivity contribution is 6.02. The zero-order valence-electron chi connectivity index (χ0n) is 17.9. The van der Waals surface area contributed by atoms with Gasteiger partial charge in [0.15, 0.2) is 30.6 Å². The van der Waals surface area contributed by atoms with Crippen LogP contribution in [0.3, 0.4) is 0 Å². The molecule has 1 N–H and O–H groups in total. The number of carbonyl (C=O) groups excluding carboxylic acids is 3. The Labute approximate surface area is 189 Å². The zero-order valence-corrected chi connectivity index (χ0v) is 17.9. The molecule has 1 aliphatic carbocycles. The van der Waals surface area contributed by atoms with E-state index < -0.39 is 24.0 Å². The van der Waals surface area contributed by atoms with E-state index in [0.29, 0.717) is 49.4 Å². The van der Waals surface area contributed by atoms with Crippen molar-refractivity contribution in [1.29, 1.82) is 0 Å². The van der Waals surface area contributed by atoms with Crippen LogP contribution in [0.15, 0.2) is 36.4 Å². The fourth-order valence-corrected chi connectivity index (χ4v) is 3.51. The van der Waals surface area contributed by atoms with Crippen LogP contribution in [0.2, 0.25) is 0 Å². The van der Waals surface area contributed by atoms with Crippen molar-refractivity contribution in [2.75, 3.05) is 31.2 Å². The molecule has 0 unspecified atom stereocenters. The first kappa shape index (κ1) is 22.7. The number of fused-ring (bicyclic) bond motifs is 1. The lowest BCUT2D eigenvalue weighted by molar-refractivity contribution is -0.122. The maximum Gasteiger partial charge on any atom is 0.265 e. The molecule has 0 saturated heterocycles. The number of hydrogen-bond donors (Lipinski definition) is 1. The number of hydrogen-bond acceptors (Lipinski definition) is 5. The summed E-state index contributed by atoms with van der Waals surface area (Å²) >= 11 is 0. The average molecular weight is 458 g/mol. The van der Waals surface area contributed by atoms with Crippen LogP contribution in [0.25, 0.3) is 0 Å². The van der Waals surface area contributed by atoms with Crippen LogP contribution >= 0.6 is 0 Å². The van der Waals surface area contributed by atoms with Crippen LogP contribution in [0, 0.1) is 17.6 Å². The van der Waals surface area contributed by atoms with Gasteiger partial charge in [-0.25, -0.2) is 8.78 Å². The normalized spacial score (nSPS) is 15.0. The van der Waals surface area contributed by atoms with E-state index in [9.17, 15) is 23.2 Å². The number of halogens is 2. The zero-order chi connectivity index (χ0) is 23.4. The molecule has 0 bridgehead atoms. The number of benzene rings is 2. The quantitative estimate of drug-likeness (QED) is 0.553. The van der Waals surface area contributed by atoms with E-state index >= 15 is 0 Å². The number of Topliss-reactive ketones (excluding diaryl/α,β-unsaturated/α-hetero) is 1. The third-order valence-corrected chi connectivity index (χ3v) is 5.55. The lowest BCUT2D eigenvalue weighted by atomic mass is 10.1. The van der Waals surface area contributed by atoms with Crippen molar-refractivity contribution in [3.63, 3.8) is 0 Å². The maximum absolute atomic E-state index is 13.7. The predicted molar refractivity (Wildman–Crippen MR) is 115 cm³/mol. The number of rotatable bonds is 10. The lowest BCUT2D eigenvalue weighted by Crippen LogP contribution is -2.40. The second-order valence-corrected chi connectivity index (χ2v) is 8.15. The number of nitrogens with zero attached hydrogens (tertiary/aromatic N) is 1. The van der Waals surface area contributed by atoms with Gasteiger partial charge in [-0.15, -0.1) is 0 Å². The molecule has 2 amide bonds. The first-order valence-electron chi connectivity index (χ1n) is 10.9. The first-order valence-corrected chi connectivity index (χ1v) is 10.9. The van der Waals surface area contributed by atoms with E-state index in [-0.39, 0.29) is 29.7 Å². The minimum Gasteiger partial charge on any atom is -0.482 e. The van der Waals surface area contributed by atoms with E-state index in [2.05, 4.69) is 5.32 Å². The Morgan fingerprint density at radius 1 is 1.15 bits per heavy atom. The molecule has 33 heavy (non-hydrogen) atoms. The van der Waals surface area contributed by atoms with Gasteiger partial charge in [0.05, 0.1) is 5.69 Å². The minimum absolute atomic E-state index is 0.0445. The van der Waals surface area contributed by atoms with Gasteiger partial charge in [0.2, 0.25) is 5.91 Å². The van der Waals surface area contributed by atoms with Crippen LogP contribution in [0.4, 0.5) is 14.5 Å². The molecule has 2 aromatic rings. The Bertz CT molecular complexity index is 1070. The summed E-state index contributed by atoms with van der Waals surface area (Å²) in [7, 11) is 0. The summed E-state index contributed by atoms with van der Waals surface area (Å²) in [6.45, 7) is 0.424. The molecule has 2 aliphatic rings. The molecule has 2 aromatic carbocycles. The van der Waals surface area contributed by atoms with Crippen LogP contribution < -0.4 is 19.7 Å². The number of ketones is 1. The molecule has 0 spiro atoms. The Morgan fingerprint density at radius 2 is 1.97 bits per heavy atom. The molecule has 0 atom stereocenters. The number of carbonyl (C=O) groups is 3. The SMILES string of the molecule is O=C(CCCN1C(=O)COc2ccc(C(=O)COc3ccc(F)cc3F)cc21)NCC1CC1. The van der Waals surface area contributed by atoms with Crippen molar-refractivity contribution in [2.45, 2.75) is 25.7 Å². The van der Waals surface area contributed by atoms with Crippen molar-refractivity contribution in [3.05, 3.63) is 53.6 Å². The summed E-state index contributed by atoms with van der Waals surface area (Å²) in [5.41, 5.74) is 0.685. The smallest absolute Gasteiger partial charge is 0.265 e. The summed E-state index contributed by atoms with van der Waals surface area (Å²) in [4.78, 5) is 38.5. The van der Waals surface area contributed by atoms with Gasteiger partial charge in [-0.3, -0.25) is 14.4 Å². The lowest BCUT2D eigenvalue weighted by Gasteiger charge is -2.29. The van der Waals surface area contributed by atoms with Crippen molar-refractivity contribution in [3.8, 4) is 11.5 Å². The molecule has 0 radical (unpaired) electrons. The highest BCUT2D eigenvalue weighted by Gasteiger charge is 2.27. The Kier molecular flexibility index (Phi) is 6.86. The van der Waals surface area contributed by atoms with Gasteiger partial charge < -0.3 is 19.7 Å². The molecule has 4 rings (SSSR count). The molecule has 9 heteroatoms. The highest BCUT2D eigenvalue weighted by Crippen LogP contribution is 2.33. The van der Waals surface area contributed by atoms with Crippen molar-refractivity contribution in [2.24, 2.45) is 5.92 Å². The van der Waals surface area contributed by atoms with Crippen molar-refractivity contribution < 1.29 is 32.6 Å². The average Bonchev–Trinajstić information content (AvgIpc) is 3.62. The Morgan fingerprint density at radius 3 is 2.73 bits per heavy atom. The fourth-order valence-electron chi connectivity index (χ4n) is 3.51. The summed E-state index contributed by atoms with van der Waals surface area (Å²) in [5, 5.41) is 2.90. The molecule has 7 nitrogen and oxygen atoms in total. The second kappa shape index (κ2) is 9.97. The van der Waals surface area contributed by atoms with E-state index in [1.807, 2.05) is 0 Å². The molecule has 1 saturated carbocycles. The molecular weight excluding hydrogens is 434 g/mol. The summed E-state index contributed by atoms with van der Waals surface area (Å²) in [5.74, 6) is -1.59. The molecule has 1 fully saturated rings. The second-order valence-electron chi connectivity index (χ2n) is 8.15. The number of ether oxygens (including phenoxy) is 2. The topological polar surface area (TPSA) is 84.9 Å². The van der Waals surface area contributed by atoms with Crippen LogP contribution in [-0.2, 0) is 9.59 Å². The minimum atomic E-state index is -0.903. The standard InChI is InChI=1S/C24H24F2N2O5/c25-17-6-8-21(18(26)11-17)32-13-20(29)16-5-7-22-19(10-16)28(24(31)14-33-22)9-1-2-23(30)27-12-15-3-4-15/h5-8,10-11,15H,1-4,9,12-14H2,(H,27,30). The van der Waals surface area contributed by atoms with Gasteiger partial charge in [0.25, 0.3) is 5.91 Å². The molecule has 1 aliphatic heterocycles. The summed E-state index contributed by atoms with van der Waals surface area (Å²) in [6.07, 6.45) is 3.07. The van der Waals surface area contributed by atoms with Crippen LogP contribution in [0.1, 0.15) is 36.0 Å². The first-order chi connectivity index (χ1) is 15.9. The largest absolute Gasteiger partial charge is 0.482 e. The van der Waals surface area contributed by atoms with E-state index in [0.717, 1.165) is 25.0 Å². The van der Waals surface area contributed by atoms with Gasteiger partial charge in [-0.1, -0.05) is 0 Å². The Hall–Kier alpha value is -3.49. The summed E-state index contributed by atoms with van der Waals surface area (Å²) < 4.78 is 37.4. The van der Waals surface area contributed by atoms with Crippen LogP contribution in [-0.4, -0.2) is 43.9 Å². The van der Waals surface area contributed by atoms with Crippen LogP contribution in [0.5, 0.6) is 11.5 Å². The molecule has 1 heterocycles. The monoisotopic (exact) mass is 458 g/mol. The van der Waals surface area contributed by atoms with Crippen molar-refractivity contribution >= 4 is 23.3 Å². The number of nitrogens with one attached hydrogen (secondary N) is 1. The molecule has 174 valence electrons. The molecule has 0 aromatic heterocycles. The Balaban J connectivity index is 1.38. The van der Waals surface area contributed by atoms with Gasteiger partial charge >= 0.3 is 0 Å². The predicted octanol–water partition coefficient (Wildman–Crippen LogP) is 3.26. The van der Waals surface area contributed by atoms with E-state index in [4.69, 9.17) is 9.47 Å². The van der Waals surface area contributed by atoms with Gasteiger partial charge in [0, 0.05) is 31.1 Å². The number of anilines is 1. The third kappa shape index (κ3) is 5.85. The number of amides is 2. The fraction of sp³-hybridized carbons (Fsp3) is 0.375. The third-order valence-electron chi connectivity index (χ3n) is 5.55. The van der Waals surface area contributed by atoms with E-state index in [1.165, 1.54) is 17.0 Å². The molecular formula is C24H24F2N2O5. The van der Waals surface area contributed by atoms with Gasteiger partial charge in [-0.2, -0.15) is 0 Å². The van der Waals surface area contributed by atoms with Gasteiger partial charge in [-0.05, 0) is 55.5 Å². The van der Waals surface area contributed by atoms with Gasteiger partial charge in [0.1, 0.15) is 11.6 Å².